The molecular weight excluding hydrogens is 210 g/mol. The van der Waals surface area contributed by atoms with Crippen LogP contribution in [0.25, 0.3) is 0 Å². The van der Waals surface area contributed by atoms with Crippen LogP contribution >= 0.6 is 0 Å². The lowest BCUT2D eigenvalue weighted by atomic mass is 10.3. The Morgan fingerprint density at radius 1 is 1.27 bits per heavy atom. The molecule has 0 saturated heterocycles. The van der Waals surface area contributed by atoms with Crippen molar-refractivity contribution in [3.63, 3.8) is 0 Å². The smallest absolute Gasteiger partial charge is 0.198 e. The zero-order chi connectivity index (χ0) is 12.1. The van der Waals surface area contributed by atoms with Crippen LogP contribution in [0, 0.1) is 6.92 Å². The van der Waals surface area contributed by atoms with Gasteiger partial charge >= 0.3 is 0 Å². The molecule has 86 valence electrons. The van der Waals surface area contributed by atoms with Gasteiger partial charge in [0.2, 0.25) is 0 Å². The standard InChI is InChI=1S/C9H13NO2S.C2H6/c1-7(2)13(11,12)9-8(3)5-4-6-10-9;1-2/h4-7H,1-3H3;1-2H3. The molecule has 0 unspecified atom stereocenters. The van der Waals surface area contributed by atoms with Gasteiger partial charge in [-0.3, -0.25) is 0 Å². The monoisotopic (exact) mass is 229 g/mol. The van der Waals surface area contributed by atoms with Crippen LogP contribution in [0.2, 0.25) is 0 Å². The van der Waals surface area contributed by atoms with E-state index in [9.17, 15) is 8.42 Å². The number of hydrogen-bond donors (Lipinski definition) is 0. The molecule has 0 spiro atoms. The molecule has 0 saturated carbocycles. The molecule has 0 N–H and O–H groups in total. The molecule has 1 rings (SSSR count). The number of aromatic nitrogens is 1. The summed E-state index contributed by atoms with van der Waals surface area (Å²) in [5.41, 5.74) is 0.705. The fraction of sp³-hybridized carbons (Fsp3) is 0.545. The maximum absolute atomic E-state index is 11.7. The Labute approximate surface area is 92.5 Å². The molecule has 0 aliphatic rings. The Balaban J connectivity index is 0.000000921. The topological polar surface area (TPSA) is 47.0 Å². The van der Waals surface area contributed by atoms with Gasteiger partial charge in [0, 0.05) is 6.20 Å². The normalized spacial score (nSPS) is 10.8. The molecule has 0 atom stereocenters. The van der Waals surface area contributed by atoms with Crippen LogP contribution in [0.1, 0.15) is 33.3 Å². The van der Waals surface area contributed by atoms with Crippen molar-refractivity contribution in [2.45, 2.75) is 44.9 Å². The summed E-state index contributed by atoms with van der Waals surface area (Å²) in [5, 5.41) is -0.217. The highest BCUT2D eigenvalue weighted by Gasteiger charge is 2.21. The van der Waals surface area contributed by atoms with Gasteiger partial charge in [-0.05, 0) is 32.4 Å². The number of sulfone groups is 1. The van der Waals surface area contributed by atoms with E-state index in [1.165, 1.54) is 6.20 Å². The van der Waals surface area contributed by atoms with Gasteiger partial charge in [0.1, 0.15) is 0 Å². The van der Waals surface area contributed by atoms with E-state index in [0.29, 0.717) is 5.56 Å². The van der Waals surface area contributed by atoms with Gasteiger partial charge < -0.3 is 0 Å². The second-order valence-electron chi connectivity index (χ2n) is 3.22. The van der Waals surface area contributed by atoms with Gasteiger partial charge in [0.25, 0.3) is 0 Å². The highest BCUT2D eigenvalue weighted by Crippen LogP contribution is 2.16. The lowest BCUT2D eigenvalue weighted by Crippen LogP contribution is -2.16. The van der Waals surface area contributed by atoms with E-state index >= 15 is 0 Å². The summed E-state index contributed by atoms with van der Waals surface area (Å²) in [6.45, 7) is 9.06. The average Bonchev–Trinajstić information content (AvgIpc) is 2.21. The SMILES string of the molecule is CC.Cc1cccnc1S(=O)(=O)C(C)C. The molecule has 1 heterocycles. The van der Waals surface area contributed by atoms with Crippen molar-refractivity contribution in [3.8, 4) is 0 Å². The summed E-state index contributed by atoms with van der Waals surface area (Å²) in [5.74, 6) is 0. The minimum Gasteiger partial charge on any atom is -0.244 e. The van der Waals surface area contributed by atoms with Crippen LogP contribution in [-0.2, 0) is 9.84 Å². The van der Waals surface area contributed by atoms with Crippen molar-refractivity contribution in [1.82, 2.24) is 4.98 Å². The van der Waals surface area contributed by atoms with Gasteiger partial charge in [-0.25, -0.2) is 13.4 Å². The third-order valence-electron chi connectivity index (χ3n) is 1.85. The molecular formula is C11H19NO2S. The summed E-state index contributed by atoms with van der Waals surface area (Å²) in [4.78, 5) is 3.88. The van der Waals surface area contributed by atoms with Crippen molar-refractivity contribution in [2.75, 3.05) is 0 Å². The molecule has 1 aromatic rings. The quantitative estimate of drug-likeness (QED) is 0.783. The predicted molar refractivity (Wildman–Crippen MR) is 62.6 cm³/mol. The molecule has 0 bridgehead atoms. The minimum atomic E-state index is -3.22. The van der Waals surface area contributed by atoms with Crippen molar-refractivity contribution >= 4 is 9.84 Å². The van der Waals surface area contributed by atoms with E-state index < -0.39 is 15.1 Å². The van der Waals surface area contributed by atoms with E-state index in [1.54, 1.807) is 32.9 Å². The van der Waals surface area contributed by atoms with Crippen LogP contribution in [0.15, 0.2) is 23.4 Å². The van der Waals surface area contributed by atoms with E-state index in [1.807, 2.05) is 13.8 Å². The van der Waals surface area contributed by atoms with Gasteiger partial charge in [0.15, 0.2) is 14.9 Å². The molecule has 3 nitrogen and oxygen atoms in total. The zero-order valence-corrected chi connectivity index (χ0v) is 10.8. The number of rotatable bonds is 2. The van der Waals surface area contributed by atoms with E-state index in [0.717, 1.165) is 0 Å². The first-order valence-corrected chi connectivity index (χ1v) is 6.66. The maximum Gasteiger partial charge on any atom is 0.198 e. The molecule has 0 amide bonds. The number of pyridine rings is 1. The van der Waals surface area contributed by atoms with E-state index in [-0.39, 0.29) is 5.03 Å². The Morgan fingerprint density at radius 3 is 2.20 bits per heavy atom. The van der Waals surface area contributed by atoms with Gasteiger partial charge in [-0.15, -0.1) is 0 Å². The second kappa shape index (κ2) is 5.85. The fourth-order valence-electron chi connectivity index (χ4n) is 0.992. The van der Waals surface area contributed by atoms with Crippen LogP contribution in [0.4, 0.5) is 0 Å². The molecule has 0 aliphatic carbocycles. The van der Waals surface area contributed by atoms with Crippen LogP contribution < -0.4 is 0 Å². The number of hydrogen-bond acceptors (Lipinski definition) is 3. The highest BCUT2D eigenvalue weighted by molar-refractivity contribution is 7.92. The Bertz CT molecular complexity index is 397. The number of nitrogens with zero attached hydrogens (tertiary/aromatic N) is 1. The summed E-state index contributed by atoms with van der Waals surface area (Å²) in [6.07, 6.45) is 1.50. The molecule has 1 aromatic heterocycles. The average molecular weight is 229 g/mol. The molecule has 0 radical (unpaired) electrons. The van der Waals surface area contributed by atoms with Crippen LogP contribution in [-0.4, -0.2) is 18.7 Å². The van der Waals surface area contributed by atoms with Crippen LogP contribution in [0.5, 0.6) is 0 Å². The summed E-state index contributed by atoms with van der Waals surface area (Å²) < 4.78 is 23.4. The Kier molecular flexibility index (Phi) is 5.50. The lowest BCUT2D eigenvalue weighted by molar-refractivity contribution is 0.582. The van der Waals surface area contributed by atoms with Gasteiger partial charge in [0.05, 0.1) is 5.25 Å². The van der Waals surface area contributed by atoms with Crippen molar-refractivity contribution in [3.05, 3.63) is 23.9 Å². The van der Waals surface area contributed by atoms with Crippen molar-refractivity contribution in [1.29, 1.82) is 0 Å². The first-order valence-electron chi connectivity index (χ1n) is 5.12. The third-order valence-corrected chi connectivity index (χ3v) is 4.06. The first kappa shape index (κ1) is 14.1. The third kappa shape index (κ3) is 3.30. The number of aryl methyl sites for hydroxylation is 1. The van der Waals surface area contributed by atoms with Crippen molar-refractivity contribution in [2.24, 2.45) is 0 Å². The summed E-state index contributed by atoms with van der Waals surface area (Å²) in [6, 6.07) is 3.48. The Morgan fingerprint density at radius 2 is 1.80 bits per heavy atom. The second-order valence-corrected chi connectivity index (χ2v) is 5.64. The Hall–Kier alpha value is -0.900. The zero-order valence-electron chi connectivity index (χ0n) is 9.98. The van der Waals surface area contributed by atoms with Gasteiger partial charge in [-0.1, -0.05) is 19.9 Å². The van der Waals surface area contributed by atoms with E-state index in [4.69, 9.17) is 0 Å². The minimum absolute atomic E-state index is 0.199. The fourth-order valence-corrected chi connectivity index (χ4v) is 2.16. The molecule has 15 heavy (non-hydrogen) atoms. The maximum atomic E-state index is 11.7. The summed E-state index contributed by atoms with van der Waals surface area (Å²) >= 11 is 0. The summed E-state index contributed by atoms with van der Waals surface area (Å²) in [7, 11) is -3.22. The van der Waals surface area contributed by atoms with Crippen molar-refractivity contribution < 1.29 is 8.42 Å². The van der Waals surface area contributed by atoms with Gasteiger partial charge in [-0.2, -0.15) is 0 Å². The van der Waals surface area contributed by atoms with Crippen LogP contribution in [0.3, 0.4) is 0 Å². The highest BCUT2D eigenvalue weighted by atomic mass is 32.2. The van der Waals surface area contributed by atoms with E-state index in [2.05, 4.69) is 4.98 Å². The largest absolute Gasteiger partial charge is 0.244 e. The predicted octanol–water partition coefficient (Wildman–Crippen LogP) is 2.60. The molecule has 0 aromatic carbocycles. The molecule has 4 heteroatoms. The molecule has 0 aliphatic heterocycles. The molecule has 0 fully saturated rings. The lowest BCUT2D eigenvalue weighted by Gasteiger charge is -2.08. The first-order chi connectivity index (χ1) is 6.96.